The summed E-state index contributed by atoms with van der Waals surface area (Å²) in [4.78, 5) is 17.3. The van der Waals surface area contributed by atoms with E-state index in [1.807, 2.05) is 0 Å². The third-order valence-electron chi connectivity index (χ3n) is 6.28. The lowest BCUT2D eigenvalue weighted by atomic mass is 9.87. The van der Waals surface area contributed by atoms with Crippen molar-refractivity contribution >= 4 is 22.4 Å². The van der Waals surface area contributed by atoms with E-state index < -0.39 is 0 Å². The number of aliphatic imine (C=N–C) groups is 1. The molecule has 2 heterocycles. The first-order valence-corrected chi connectivity index (χ1v) is 10.5. The quantitative estimate of drug-likeness (QED) is 0.901. The van der Waals surface area contributed by atoms with Crippen molar-refractivity contribution in [1.29, 1.82) is 0 Å². The molecule has 2 aromatic rings. The number of hydrogen-bond acceptors (Lipinski definition) is 5. The van der Waals surface area contributed by atoms with Crippen LogP contribution < -0.4 is 10.6 Å². The molecule has 27 heavy (non-hydrogen) atoms. The number of anilines is 1. The summed E-state index contributed by atoms with van der Waals surface area (Å²) in [6, 6.07) is 7.18. The van der Waals surface area contributed by atoms with Gasteiger partial charge >= 0.3 is 0 Å². The second kappa shape index (κ2) is 6.86. The van der Waals surface area contributed by atoms with E-state index in [1.165, 1.54) is 29.5 Å². The molecular weight excluding hydrogens is 334 g/mol. The molecule has 2 saturated carbocycles. The van der Waals surface area contributed by atoms with E-state index in [9.17, 15) is 0 Å². The van der Waals surface area contributed by atoms with Gasteiger partial charge < -0.3 is 10.6 Å². The molecule has 5 rings (SSSR count). The van der Waals surface area contributed by atoms with Crippen molar-refractivity contribution in [3.63, 3.8) is 0 Å². The molecule has 1 aromatic heterocycles. The first-order valence-electron chi connectivity index (χ1n) is 10.5. The summed E-state index contributed by atoms with van der Waals surface area (Å²) < 4.78 is 0. The van der Waals surface area contributed by atoms with Crippen molar-refractivity contribution in [1.82, 2.24) is 9.97 Å². The molecule has 1 aliphatic heterocycles. The second-order valence-electron chi connectivity index (χ2n) is 8.63. The van der Waals surface area contributed by atoms with Crippen LogP contribution in [0.4, 0.5) is 5.82 Å². The van der Waals surface area contributed by atoms with E-state index in [4.69, 9.17) is 20.7 Å². The van der Waals surface area contributed by atoms with Crippen LogP contribution in [0.1, 0.15) is 55.8 Å². The van der Waals surface area contributed by atoms with E-state index in [2.05, 4.69) is 30.0 Å². The number of nitrogens with zero attached hydrogens (tertiary/aromatic N) is 4. The Hall–Kier alpha value is -2.01. The standard InChI is InChI=1S/C22H29N5/c1-14-2-9-20-19(10-14)22(27-12-15(11-23)13-27)26-21(25-20)16-3-5-17(6-4-16)24-18-7-8-18/h2,9-10,15-16,18H,3-8,11-13,23H2,1H3. The van der Waals surface area contributed by atoms with Gasteiger partial charge in [-0.3, -0.25) is 4.99 Å². The molecule has 0 bridgehead atoms. The Morgan fingerprint density at radius 1 is 1.11 bits per heavy atom. The summed E-state index contributed by atoms with van der Waals surface area (Å²) >= 11 is 0. The number of benzene rings is 1. The lowest BCUT2D eigenvalue weighted by molar-refractivity contribution is 0.416. The minimum Gasteiger partial charge on any atom is -0.355 e. The predicted molar refractivity (Wildman–Crippen MR) is 111 cm³/mol. The van der Waals surface area contributed by atoms with Gasteiger partial charge in [0.05, 0.1) is 11.6 Å². The molecule has 1 aromatic carbocycles. The van der Waals surface area contributed by atoms with Crippen LogP contribution in [0.2, 0.25) is 0 Å². The molecule has 1 saturated heterocycles. The molecule has 0 radical (unpaired) electrons. The van der Waals surface area contributed by atoms with Crippen molar-refractivity contribution in [3.05, 3.63) is 29.6 Å². The zero-order valence-corrected chi connectivity index (χ0v) is 16.2. The molecule has 0 unspecified atom stereocenters. The Balaban J connectivity index is 1.43. The third kappa shape index (κ3) is 3.45. The minimum atomic E-state index is 0.458. The van der Waals surface area contributed by atoms with Crippen molar-refractivity contribution in [2.75, 3.05) is 24.5 Å². The van der Waals surface area contributed by atoms with Crippen LogP contribution in [-0.2, 0) is 0 Å². The van der Waals surface area contributed by atoms with Crippen molar-refractivity contribution in [3.8, 4) is 0 Å². The van der Waals surface area contributed by atoms with E-state index >= 15 is 0 Å². The highest BCUT2D eigenvalue weighted by molar-refractivity contribution is 5.90. The summed E-state index contributed by atoms with van der Waals surface area (Å²) in [6.45, 7) is 4.92. The van der Waals surface area contributed by atoms with Crippen molar-refractivity contribution in [2.45, 2.75) is 57.4 Å². The summed E-state index contributed by atoms with van der Waals surface area (Å²) in [6.07, 6.45) is 7.09. The van der Waals surface area contributed by atoms with Crippen molar-refractivity contribution < 1.29 is 0 Å². The van der Waals surface area contributed by atoms with Crippen LogP contribution in [0.3, 0.4) is 0 Å². The van der Waals surface area contributed by atoms with Crippen LogP contribution in [0, 0.1) is 12.8 Å². The first-order chi connectivity index (χ1) is 13.2. The smallest absolute Gasteiger partial charge is 0.140 e. The average molecular weight is 364 g/mol. The van der Waals surface area contributed by atoms with Gasteiger partial charge in [-0.2, -0.15) is 0 Å². The fourth-order valence-corrected chi connectivity index (χ4v) is 4.36. The molecule has 0 amide bonds. The fraction of sp³-hybridized carbons (Fsp3) is 0.591. The van der Waals surface area contributed by atoms with Gasteiger partial charge in [0.2, 0.25) is 0 Å². The first kappa shape index (κ1) is 17.1. The highest BCUT2D eigenvalue weighted by atomic mass is 15.3. The predicted octanol–water partition coefficient (Wildman–Crippen LogP) is 3.59. The molecule has 3 aliphatic rings. The molecule has 2 N–H and O–H groups in total. The van der Waals surface area contributed by atoms with Crippen molar-refractivity contribution in [2.24, 2.45) is 16.6 Å². The maximum Gasteiger partial charge on any atom is 0.140 e. The van der Waals surface area contributed by atoms with Crippen LogP contribution in [-0.4, -0.2) is 41.4 Å². The Kier molecular flexibility index (Phi) is 4.35. The molecule has 5 nitrogen and oxygen atoms in total. The number of aryl methyl sites for hydroxylation is 1. The summed E-state index contributed by atoms with van der Waals surface area (Å²) in [5.41, 5.74) is 9.61. The molecule has 142 valence electrons. The zero-order chi connectivity index (χ0) is 18.4. The number of hydrogen-bond donors (Lipinski definition) is 1. The third-order valence-corrected chi connectivity index (χ3v) is 6.28. The molecule has 0 atom stereocenters. The summed E-state index contributed by atoms with van der Waals surface area (Å²) in [5.74, 6) is 3.20. The monoisotopic (exact) mass is 363 g/mol. The van der Waals surface area contributed by atoms with Gasteiger partial charge in [0.25, 0.3) is 0 Å². The Labute approximate surface area is 161 Å². The van der Waals surface area contributed by atoms with E-state index in [0.29, 0.717) is 17.9 Å². The van der Waals surface area contributed by atoms with Crippen LogP contribution in [0.25, 0.3) is 10.9 Å². The number of rotatable bonds is 4. The number of fused-ring (bicyclic) bond motifs is 1. The normalized spacial score (nSPS) is 23.6. The Morgan fingerprint density at radius 3 is 2.59 bits per heavy atom. The van der Waals surface area contributed by atoms with Crippen LogP contribution in [0.5, 0.6) is 0 Å². The van der Waals surface area contributed by atoms with E-state index in [-0.39, 0.29) is 0 Å². The number of aromatic nitrogens is 2. The topological polar surface area (TPSA) is 67.4 Å². The van der Waals surface area contributed by atoms with Gasteiger partial charge in [-0.25, -0.2) is 9.97 Å². The molecule has 2 aliphatic carbocycles. The van der Waals surface area contributed by atoms with Crippen LogP contribution in [0.15, 0.2) is 23.2 Å². The van der Waals surface area contributed by atoms with Gasteiger partial charge in [-0.05, 0) is 64.1 Å². The van der Waals surface area contributed by atoms with E-state index in [1.54, 1.807) is 0 Å². The lowest BCUT2D eigenvalue weighted by Crippen LogP contribution is -2.50. The fourth-order valence-electron chi connectivity index (χ4n) is 4.36. The molecule has 5 heteroatoms. The van der Waals surface area contributed by atoms with Gasteiger partial charge in [0, 0.05) is 36.0 Å². The zero-order valence-electron chi connectivity index (χ0n) is 16.2. The molecule has 3 fully saturated rings. The SMILES string of the molecule is Cc1ccc2nc(C3CCC(=NC4CC4)CC3)nc(N3CC(CN)C3)c2c1. The Morgan fingerprint density at radius 2 is 1.89 bits per heavy atom. The molecular formula is C22H29N5. The van der Waals surface area contributed by atoms with E-state index in [0.717, 1.165) is 62.5 Å². The summed E-state index contributed by atoms with van der Waals surface area (Å²) in [5, 5.41) is 1.18. The van der Waals surface area contributed by atoms with Gasteiger partial charge in [0.1, 0.15) is 11.6 Å². The summed E-state index contributed by atoms with van der Waals surface area (Å²) in [7, 11) is 0. The minimum absolute atomic E-state index is 0.458. The highest BCUT2D eigenvalue weighted by Crippen LogP contribution is 2.36. The maximum absolute atomic E-state index is 5.84. The second-order valence-corrected chi connectivity index (χ2v) is 8.63. The lowest BCUT2D eigenvalue weighted by Gasteiger charge is -2.40. The number of nitrogens with two attached hydrogens (primary N) is 1. The maximum atomic E-state index is 5.84. The average Bonchev–Trinajstić information content (AvgIpc) is 3.45. The highest BCUT2D eigenvalue weighted by Gasteiger charge is 2.30. The van der Waals surface area contributed by atoms with Gasteiger partial charge in [-0.1, -0.05) is 11.6 Å². The Bertz CT molecular complexity index is 870. The van der Waals surface area contributed by atoms with Gasteiger partial charge in [0.15, 0.2) is 0 Å². The largest absolute Gasteiger partial charge is 0.355 e. The van der Waals surface area contributed by atoms with Crippen LogP contribution >= 0.6 is 0 Å². The van der Waals surface area contributed by atoms with Gasteiger partial charge in [-0.15, -0.1) is 0 Å². The molecule has 0 spiro atoms.